The van der Waals surface area contributed by atoms with Gasteiger partial charge < -0.3 is 20.0 Å². The van der Waals surface area contributed by atoms with Crippen LogP contribution in [0.25, 0.3) is 0 Å². The molecule has 1 aromatic heterocycles. The number of hydrogen-bond donors (Lipinski definition) is 2. The van der Waals surface area contributed by atoms with E-state index in [0.717, 1.165) is 0 Å². The first kappa shape index (κ1) is 14.4. The summed E-state index contributed by atoms with van der Waals surface area (Å²) in [5.41, 5.74) is -1.32. The molecule has 8 heteroatoms. The molecule has 0 radical (unpaired) electrons. The Morgan fingerprint density at radius 3 is 2.81 bits per heavy atom. The van der Waals surface area contributed by atoms with Crippen LogP contribution in [0.15, 0.2) is 28.0 Å². The predicted octanol–water partition coefficient (Wildman–Crippen LogP) is 0.359. The van der Waals surface area contributed by atoms with E-state index in [1.165, 1.54) is 4.90 Å². The fourth-order valence-electron chi connectivity index (χ4n) is 2.53. The molecule has 0 aromatic carbocycles. The maximum absolute atomic E-state index is 12.1. The molecule has 1 aromatic rings. The summed E-state index contributed by atoms with van der Waals surface area (Å²) in [4.78, 5) is 22.7. The van der Waals surface area contributed by atoms with Crippen molar-refractivity contribution in [2.75, 3.05) is 13.6 Å². The fourth-order valence-corrected chi connectivity index (χ4v) is 2.87. The highest BCUT2D eigenvalue weighted by molar-refractivity contribution is 9.10. The van der Waals surface area contributed by atoms with Crippen molar-refractivity contribution in [3.8, 4) is 0 Å². The quantitative estimate of drug-likeness (QED) is 0.746. The maximum Gasteiger partial charge on any atom is 0.283 e. The Bertz CT molecular complexity index is 638. The molecule has 21 heavy (non-hydrogen) atoms. The number of hydrogen-bond acceptors (Lipinski definition) is 6. The third-order valence-corrected chi connectivity index (χ3v) is 4.26. The average Bonchev–Trinajstić information content (AvgIpc) is 2.98. The largest absolute Gasteiger partial charge is 0.374 e. The minimum absolute atomic E-state index is 0.105. The number of pyridine rings is 1. The van der Waals surface area contributed by atoms with Gasteiger partial charge in [-0.1, -0.05) is 11.2 Å². The summed E-state index contributed by atoms with van der Waals surface area (Å²) in [6.45, 7) is 0.432. The molecule has 1 saturated heterocycles. The summed E-state index contributed by atoms with van der Waals surface area (Å²) >= 11 is 3.22. The zero-order valence-electron chi connectivity index (χ0n) is 11.3. The fraction of sp³-hybridized carbons (Fsp3) is 0.462. The lowest BCUT2D eigenvalue weighted by Crippen LogP contribution is -2.46. The highest BCUT2D eigenvalue weighted by atomic mass is 79.9. The minimum Gasteiger partial charge on any atom is -0.374 e. The van der Waals surface area contributed by atoms with Gasteiger partial charge in [-0.25, -0.2) is 4.98 Å². The van der Waals surface area contributed by atoms with Crippen molar-refractivity contribution >= 4 is 27.5 Å². The van der Waals surface area contributed by atoms with Crippen LogP contribution in [0.1, 0.15) is 18.5 Å². The van der Waals surface area contributed by atoms with E-state index in [0.29, 0.717) is 11.1 Å². The predicted molar refractivity (Wildman–Crippen MR) is 76.2 cm³/mol. The number of amides is 1. The number of likely N-dealkylation sites (tertiary alicyclic amines) is 1. The summed E-state index contributed by atoms with van der Waals surface area (Å²) in [5.74, 6) is -2.20. The van der Waals surface area contributed by atoms with Gasteiger partial charge in [-0.2, -0.15) is 0 Å². The number of carbonyl (C=O) groups is 1. The number of rotatable bonds is 2. The zero-order chi connectivity index (χ0) is 15.3. The van der Waals surface area contributed by atoms with Gasteiger partial charge in [0.15, 0.2) is 5.60 Å². The zero-order valence-corrected chi connectivity index (χ0v) is 12.9. The number of nitrogens with zero attached hydrogens (tertiary/aromatic N) is 3. The van der Waals surface area contributed by atoms with Gasteiger partial charge in [0, 0.05) is 20.0 Å². The van der Waals surface area contributed by atoms with Gasteiger partial charge >= 0.3 is 0 Å². The lowest BCUT2D eigenvalue weighted by molar-refractivity contribution is -0.196. The Hall–Kier alpha value is -1.51. The highest BCUT2D eigenvalue weighted by Gasteiger charge is 2.54. The first-order valence-electron chi connectivity index (χ1n) is 6.44. The lowest BCUT2D eigenvalue weighted by Gasteiger charge is -2.22. The van der Waals surface area contributed by atoms with Crippen LogP contribution in [-0.4, -0.2) is 50.9 Å². The highest BCUT2D eigenvalue weighted by Crippen LogP contribution is 2.37. The number of aliphatic hydroxyl groups is 2. The van der Waals surface area contributed by atoms with Gasteiger partial charge in [0.1, 0.15) is 16.0 Å². The van der Waals surface area contributed by atoms with Gasteiger partial charge in [0.05, 0.1) is 6.42 Å². The maximum atomic E-state index is 12.1. The molecule has 3 heterocycles. The second kappa shape index (κ2) is 4.75. The molecule has 112 valence electrons. The summed E-state index contributed by atoms with van der Waals surface area (Å²) in [6, 6.07) is 5.01. The second-order valence-corrected chi connectivity index (χ2v) is 6.09. The van der Waals surface area contributed by atoms with Crippen molar-refractivity contribution in [1.29, 1.82) is 0 Å². The number of aromatic nitrogens is 1. The standard InChI is InChI=1S/C13H14BrN3O4/c1-17-6-5-12(19,11(17)18)9-7-13(20,21-16-9)8-3-2-4-10(14)15-8/h2-4,19-20H,5-7H2,1H3/t12-,13?/m1/s1. The first-order valence-corrected chi connectivity index (χ1v) is 7.23. The molecule has 0 spiro atoms. The molecular formula is C13H14BrN3O4. The van der Waals surface area contributed by atoms with E-state index < -0.39 is 17.3 Å². The normalized spacial score (nSPS) is 32.3. The van der Waals surface area contributed by atoms with Crippen LogP contribution >= 0.6 is 15.9 Å². The summed E-state index contributed by atoms with van der Waals surface area (Å²) in [6.07, 6.45) is 0.124. The van der Waals surface area contributed by atoms with Crippen LogP contribution in [-0.2, 0) is 15.4 Å². The Kier molecular flexibility index (Phi) is 3.27. The average molecular weight is 356 g/mol. The Morgan fingerprint density at radius 1 is 1.43 bits per heavy atom. The van der Waals surface area contributed by atoms with E-state index >= 15 is 0 Å². The third kappa shape index (κ3) is 2.23. The van der Waals surface area contributed by atoms with Crippen LogP contribution < -0.4 is 0 Å². The Balaban J connectivity index is 1.86. The van der Waals surface area contributed by atoms with Gasteiger partial charge in [-0.15, -0.1) is 0 Å². The SMILES string of the molecule is CN1CC[C@@](O)(C2=NOC(O)(c3cccc(Br)n3)C2)C1=O. The van der Waals surface area contributed by atoms with Crippen molar-refractivity contribution < 1.29 is 19.8 Å². The van der Waals surface area contributed by atoms with E-state index in [1.54, 1.807) is 25.2 Å². The van der Waals surface area contributed by atoms with Crippen molar-refractivity contribution in [2.24, 2.45) is 5.16 Å². The van der Waals surface area contributed by atoms with Gasteiger partial charge in [0.2, 0.25) is 0 Å². The molecule has 2 atom stereocenters. The van der Waals surface area contributed by atoms with Crippen LogP contribution in [0.2, 0.25) is 0 Å². The number of halogens is 1. The lowest BCUT2D eigenvalue weighted by atomic mass is 9.90. The van der Waals surface area contributed by atoms with E-state index in [9.17, 15) is 15.0 Å². The molecule has 1 fully saturated rings. The summed E-state index contributed by atoms with van der Waals surface area (Å²) in [7, 11) is 1.61. The first-order chi connectivity index (χ1) is 9.85. The van der Waals surface area contributed by atoms with Crippen LogP contribution in [0.5, 0.6) is 0 Å². The van der Waals surface area contributed by atoms with Crippen molar-refractivity contribution in [2.45, 2.75) is 24.2 Å². The van der Waals surface area contributed by atoms with Crippen LogP contribution in [0.4, 0.5) is 0 Å². The molecule has 2 aliphatic heterocycles. The number of carbonyl (C=O) groups excluding carboxylic acids is 1. The molecule has 1 amide bonds. The molecule has 2 N–H and O–H groups in total. The van der Waals surface area contributed by atoms with Gasteiger partial charge in [0.25, 0.3) is 11.7 Å². The summed E-state index contributed by atoms with van der Waals surface area (Å²) < 4.78 is 0.542. The second-order valence-electron chi connectivity index (χ2n) is 5.27. The number of likely N-dealkylation sites (N-methyl/N-ethyl adjacent to an activating group) is 1. The third-order valence-electron chi connectivity index (χ3n) is 3.82. The summed E-state index contributed by atoms with van der Waals surface area (Å²) in [5, 5.41) is 24.8. The van der Waals surface area contributed by atoms with Crippen molar-refractivity contribution in [3.63, 3.8) is 0 Å². The minimum atomic E-state index is -1.77. The van der Waals surface area contributed by atoms with Crippen molar-refractivity contribution in [3.05, 3.63) is 28.5 Å². The van der Waals surface area contributed by atoms with Crippen LogP contribution in [0, 0.1) is 0 Å². The smallest absolute Gasteiger partial charge is 0.283 e. The monoisotopic (exact) mass is 355 g/mol. The topological polar surface area (TPSA) is 95.2 Å². The molecule has 3 rings (SSSR count). The van der Waals surface area contributed by atoms with Gasteiger partial charge in [-0.3, -0.25) is 4.79 Å². The molecule has 0 saturated carbocycles. The van der Waals surface area contributed by atoms with E-state index in [2.05, 4.69) is 26.1 Å². The molecular weight excluding hydrogens is 342 g/mol. The molecule has 2 aliphatic rings. The van der Waals surface area contributed by atoms with Crippen LogP contribution in [0.3, 0.4) is 0 Å². The van der Waals surface area contributed by atoms with E-state index in [4.69, 9.17) is 4.84 Å². The van der Waals surface area contributed by atoms with Crippen molar-refractivity contribution in [1.82, 2.24) is 9.88 Å². The molecule has 0 aliphatic carbocycles. The molecule has 7 nitrogen and oxygen atoms in total. The number of oxime groups is 1. The van der Waals surface area contributed by atoms with E-state index in [-0.39, 0.29) is 24.2 Å². The van der Waals surface area contributed by atoms with Gasteiger partial charge in [-0.05, 0) is 28.1 Å². The molecule has 0 bridgehead atoms. The Labute approximate surface area is 129 Å². The van der Waals surface area contributed by atoms with E-state index in [1.807, 2.05) is 0 Å². The Morgan fingerprint density at radius 2 is 2.19 bits per heavy atom. The molecule has 1 unspecified atom stereocenters.